The molecule has 0 amide bonds. The van der Waals surface area contributed by atoms with Gasteiger partial charge in [-0.25, -0.2) is 9.36 Å². The van der Waals surface area contributed by atoms with Gasteiger partial charge in [0.05, 0.1) is 41.3 Å². The molecule has 130 valence electrons. The second kappa shape index (κ2) is 4.86. The van der Waals surface area contributed by atoms with E-state index in [1.54, 1.807) is 0 Å². The van der Waals surface area contributed by atoms with Gasteiger partial charge in [0.2, 0.25) is 0 Å². The maximum absolute atomic E-state index is 9.84. The number of hydrogen-bond acceptors (Lipinski definition) is 3. The lowest BCUT2D eigenvalue weighted by Gasteiger charge is -2.09. The Morgan fingerprint density at radius 1 is 0.963 bits per heavy atom. The van der Waals surface area contributed by atoms with Crippen molar-refractivity contribution in [3.05, 3.63) is 72.7 Å². The van der Waals surface area contributed by atoms with Crippen molar-refractivity contribution < 1.29 is 0 Å². The van der Waals surface area contributed by atoms with Crippen molar-refractivity contribution in [2.24, 2.45) is 5.41 Å². The first kappa shape index (κ1) is 14.7. The molecule has 0 aliphatic heterocycles. The first-order valence-electron chi connectivity index (χ1n) is 9.25. The Labute approximate surface area is 156 Å². The van der Waals surface area contributed by atoms with Crippen LogP contribution in [-0.4, -0.2) is 19.6 Å². The van der Waals surface area contributed by atoms with E-state index in [1.165, 1.54) is 12.8 Å². The Morgan fingerprint density at radius 2 is 1.81 bits per heavy atom. The van der Waals surface area contributed by atoms with Crippen LogP contribution in [0.25, 0.3) is 22.3 Å². The molecule has 5 nitrogen and oxygen atoms in total. The Kier molecular flexibility index (Phi) is 2.65. The Morgan fingerprint density at radius 3 is 2.56 bits per heavy atom. The smallest absolute Gasteiger partial charge is 0.104 e. The second-order valence-electron chi connectivity index (χ2n) is 7.78. The van der Waals surface area contributed by atoms with Crippen LogP contribution in [0.5, 0.6) is 0 Å². The quantitative estimate of drug-likeness (QED) is 0.557. The van der Waals surface area contributed by atoms with Gasteiger partial charge in [-0.1, -0.05) is 30.3 Å². The average molecular weight is 351 g/mol. The molecule has 0 bridgehead atoms. The van der Waals surface area contributed by atoms with Gasteiger partial charge in [0, 0.05) is 5.39 Å². The molecule has 2 heterocycles. The maximum atomic E-state index is 9.84. The Bertz CT molecular complexity index is 1220. The molecule has 2 aromatic carbocycles. The lowest BCUT2D eigenvalue weighted by molar-refractivity contribution is 0.738. The summed E-state index contributed by atoms with van der Waals surface area (Å²) < 4.78 is 3.77. The highest BCUT2D eigenvalue weighted by Gasteiger charge is 2.75. The molecule has 5 heteroatoms. The molecule has 0 N–H and O–H groups in total. The van der Waals surface area contributed by atoms with E-state index in [9.17, 15) is 5.26 Å². The molecule has 4 aromatic rings. The topological polar surface area (TPSA) is 59.4 Å². The van der Waals surface area contributed by atoms with Gasteiger partial charge in [0.1, 0.15) is 5.69 Å². The van der Waals surface area contributed by atoms with Crippen LogP contribution < -0.4 is 0 Å². The van der Waals surface area contributed by atoms with Crippen molar-refractivity contribution in [3.8, 4) is 17.4 Å². The number of benzene rings is 2. The van der Waals surface area contributed by atoms with Crippen LogP contribution in [0.4, 0.5) is 0 Å². The summed E-state index contributed by atoms with van der Waals surface area (Å²) in [5, 5.41) is 20.0. The van der Waals surface area contributed by atoms with Gasteiger partial charge < -0.3 is 0 Å². The van der Waals surface area contributed by atoms with E-state index in [4.69, 9.17) is 0 Å². The van der Waals surface area contributed by atoms with Crippen LogP contribution in [0.15, 0.2) is 67.1 Å². The van der Waals surface area contributed by atoms with Crippen LogP contribution in [0.3, 0.4) is 0 Å². The van der Waals surface area contributed by atoms with Crippen molar-refractivity contribution >= 4 is 10.9 Å². The molecular formula is C22H17N5. The molecule has 0 saturated heterocycles. The van der Waals surface area contributed by atoms with Gasteiger partial charge in [-0.15, -0.1) is 0 Å². The first-order valence-corrected chi connectivity index (χ1v) is 9.25. The van der Waals surface area contributed by atoms with Crippen molar-refractivity contribution in [2.45, 2.75) is 24.7 Å². The predicted molar refractivity (Wildman–Crippen MR) is 102 cm³/mol. The van der Waals surface area contributed by atoms with Gasteiger partial charge in [-0.05, 0) is 48.4 Å². The normalized spacial score (nSPS) is 22.0. The molecule has 2 aliphatic carbocycles. The summed E-state index contributed by atoms with van der Waals surface area (Å²) in [4.78, 5) is 0. The average Bonchev–Trinajstić information content (AvgIpc) is 3.48. The molecule has 2 aromatic heterocycles. The van der Waals surface area contributed by atoms with E-state index in [-0.39, 0.29) is 10.8 Å². The number of hydrogen-bond donors (Lipinski definition) is 0. The fraction of sp³-hybridized carbons (Fsp3) is 0.227. The summed E-state index contributed by atoms with van der Waals surface area (Å²) in [5.41, 5.74) is 4.06. The van der Waals surface area contributed by atoms with Crippen molar-refractivity contribution in [3.63, 3.8) is 0 Å². The monoisotopic (exact) mass is 351 g/mol. The number of para-hydroxylation sites is 1. The summed E-state index contributed by atoms with van der Waals surface area (Å²) in [5.74, 6) is 0. The van der Waals surface area contributed by atoms with E-state index in [0.717, 1.165) is 34.3 Å². The first-order chi connectivity index (χ1) is 13.2. The van der Waals surface area contributed by atoms with E-state index in [1.807, 2.05) is 58.3 Å². The van der Waals surface area contributed by atoms with Gasteiger partial charge >= 0.3 is 0 Å². The second-order valence-corrected chi connectivity index (χ2v) is 7.78. The zero-order chi connectivity index (χ0) is 18.1. The minimum absolute atomic E-state index is 0.262. The number of nitrogens with zero attached hydrogens (tertiary/aromatic N) is 5. The predicted octanol–water partition coefficient (Wildman–Crippen LogP) is 4.16. The van der Waals surface area contributed by atoms with E-state index < -0.39 is 0 Å². The molecule has 0 unspecified atom stereocenters. The number of fused-ring (bicyclic) bond motifs is 1. The van der Waals surface area contributed by atoms with Crippen LogP contribution >= 0.6 is 0 Å². The fourth-order valence-corrected chi connectivity index (χ4v) is 4.48. The third kappa shape index (κ3) is 1.93. The van der Waals surface area contributed by atoms with E-state index >= 15 is 0 Å². The van der Waals surface area contributed by atoms with Crippen molar-refractivity contribution in [2.75, 3.05) is 0 Å². The van der Waals surface area contributed by atoms with Crippen LogP contribution in [0.1, 0.15) is 24.8 Å². The third-order valence-corrected chi connectivity index (χ3v) is 6.33. The highest BCUT2D eigenvalue weighted by atomic mass is 15.3. The number of rotatable bonds is 3. The van der Waals surface area contributed by atoms with Gasteiger partial charge in [0.15, 0.2) is 0 Å². The van der Waals surface area contributed by atoms with E-state index in [0.29, 0.717) is 0 Å². The summed E-state index contributed by atoms with van der Waals surface area (Å²) >= 11 is 0. The summed E-state index contributed by atoms with van der Waals surface area (Å²) in [6.07, 6.45) is 9.04. The molecule has 27 heavy (non-hydrogen) atoms. The molecule has 1 atom stereocenters. The van der Waals surface area contributed by atoms with Crippen molar-refractivity contribution in [1.82, 2.24) is 19.6 Å². The molecule has 2 fully saturated rings. The minimum Gasteiger partial charge on any atom is -0.239 e. The standard InChI is InChI=1S/C22H17N5/c23-15-22(14-21(22)8-9-21)17-7-6-16-11-25-27(20(16)10-17)19-12-24-26(13-19)18-4-2-1-3-5-18/h1-7,10-13H,8-9,14H2/t22-/m0/s1. The largest absolute Gasteiger partial charge is 0.239 e. The SMILES string of the molecule is N#C[C@]1(c2ccc3cnn(-c4cnn(-c5ccccc5)c4)c3c2)CC12CC2. The van der Waals surface area contributed by atoms with Gasteiger partial charge in [-0.3, -0.25) is 0 Å². The molecule has 1 spiro atoms. The zero-order valence-electron chi connectivity index (χ0n) is 14.7. The minimum atomic E-state index is -0.287. The molecule has 2 saturated carbocycles. The number of aromatic nitrogens is 4. The van der Waals surface area contributed by atoms with Crippen molar-refractivity contribution in [1.29, 1.82) is 5.26 Å². The van der Waals surface area contributed by atoms with Gasteiger partial charge in [-0.2, -0.15) is 15.5 Å². The van der Waals surface area contributed by atoms with Crippen LogP contribution in [0, 0.1) is 16.7 Å². The molecular weight excluding hydrogens is 334 g/mol. The molecule has 0 radical (unpaired) electrons. The zero-order valence-corrected chi connectivity index (χ0v) is 14.7. The fourth-order valence-electron chi connectivity index (χ4n) is 4.48. The summed E-state index contributed by atoms with van der Waals surface area (Å²) in [6.45, 7) is 0. The summed E-state index contributed by atoms with van der Waals surface area (Å²) in [7, 11) is 0. The van der Waals surface area contributed by atoms with Crippen LogP contribution in [0.2, 0.25) is 0 Å². The lowest BCUT2D eigenvalue weighted by Crippen LogP contribution is -2.07. The van der Waals surface area contributed by atoms with Gasteiger partial charge in [0.25, 0.3) is 0 Å². The third-order valence-electron chi connectivity index (χ3n) is 6.33. The Hall–Kier alpha value is -3.39. The molecule has 6 rings (SSSR count). The number of nitriles is 1. The molecule has 2 aliphatic rings. The Balaban J connectivity index is 1.45. The van der Waals surface area contributed by atoms with E-state index in [2.05, 4.69) is 34.5 Å². The lowest BCUT2D eigenvalue weighted by atomic mass is 9.93. The summed E-state index contributed by atoms with van der Waals surface area (Å²) in [6, 6.07) is 19.0. The highest BCUT2D eigenvalue weighted by Crippen LogP contribution is 2.78. The van der Waals surface area contributed by atoms with Crippen LogP contribution in [-0.2, 0) is 5.41 Å². The highest BCUT2D eigenvalue weighted by molar-refractivity contribution is 5.82. The maximum Gasteiger partial charge on any atom is 0.104 e.